The summed E-state index contributed by atoms with van der Waals surface area (Å²) in [6.07, 6.45) is 0. The molecule has 38 heavy (non-hydrogen) atoms. The molecule has 0 aromatic heterocycles. The van der Waals surface area contributed by atoms with Gasteiger partial charge < -0.3 is 0 Å². The Morgan fingerprint density at radius 3 is 0.421 bits per heavy atom. The summed E-state index contributed by atoms with van der Waals surface area (Å²) in [6, 6.07) is 52.8. The summed E-state index contributed by atoms with van der Waals surface area (Å²) in [5.74, 6) is 0. The number of hydrogen-bond acceptors (Lipinski definition) is 0. The average molecular weight is 487 g/mol. The van der Waals surface area contributed by atoms with Gasteiger partial charge in [0.2, 0.25) is 0 Å². The van der Waals surface area contributed by atoms with Gasteiger partial charge in [0, 0.05) is 0 Å². The quantitative estimate of drug-likeness (QED) is 0.227. The van der Waals surface area contributed by atoms with E-state index < -0.39 is 0 Å². The van der Waals surface area contributed by atoms with Crippen LogP contribution in [0, 0.1) is 13.8 Å². The molecule has 0 aliphatic heterocycles. The highest BCUT2D eigenvalue weighted by Gasteiger charge is 2.05. The lowest BCUT2D eigenvalue weighted by molar-refractivity contribution is 1.47. The number of rotatable bonds is 5. The molecule has 0 heteroatoms. The first kappa shape index (κ1) is 23.7. The smallest absolute Gasteiger partial charge is 0.0184 e. The van der Waals surface area contributed by atoms with Gasteiger partial charge in [0.1, 0.15) is 0 Å². The van der Waals surface area contributed by atoms with Crippen molar-refractivity contribution in [3.63, 3.8) is 0 Å². The summed E-state index contributed by atoms with van der Waals surface area (Å²) in [7, 11) is 0. The molecule has 0 amide bonds. The molecule has 0 heterocycles. The van der Waals surface area contributed by atoms with Crippen LogP contribution in [0.1, 0.15) is 11.1 Å². The lowest BCUT2D eigenvalue weighted by Gasteiger charge is -2.09. The molecule has 0 bridgehead atoms. The molecule has 0 unspecified atom stereocenters. The van der Waals surface area contributed by atoms with Gasteiger partial charge in [0.05, 0.1) is 0 Å². The topological polar surface area (TPSA) is 0 Å². The van der Waals surface area contributed by atoms with E-state index in [1.807, 2.05) is 0 Å². The van der Waals surface area contributed by atoms with Crippen LogP contribution in [-0.2, 0) is 0 Å². The predicted molar refractivity (Wildman–Crippen MR) is 163 cm³/mol. The predicted octanol–water partition coefficient (Wildman–Crippen LogP) is 10.6. The van der Waals surface area contributed by atoms with Crippen LogP contribution in [0.4, 0.5) is 0 Å². The molecule has 6 rings (SSSR count). The molecular formula is C38H30. The van der Waals surface area contributed by atoms with E-state index in [0.717, 1.165) is 0 Å². The Bertz CT molecular complexity index is 1500. The first-order chi connectivity index (χ1) is 18.6. The standard InChI is InChI=1S/C38H30/c1-27-3-7-29(8-4-27)31-11-15-33(16-12-31)35-19-23-37(24-20-35)38-25-21-36(22-26-38)34-17-13-32(14-18-34)30-9-5-28(2)6-10-30/h3-26H,1-2H3. The first-order valence-corrected chi connectivity index (χ1v) is 13.2. The maximum atomic E-state index is 2.22. The Kier molecular flexibility index (Phi) is 6.46. The average Bonchev–Trinajstić information content (AvgIpc) is 2.98. The van der Waals surface area contributed by atoms with Gasteiger partial charge in [-0.05, 0) is 69.5 Å². The van der Waals surface area contributed by atoms with Crippen molar-refractivity contribution in [2.75, 3.05) is 0 Å². The van der Waals surface area contributed by atoms with Crippen LogP contribution in [-0.4, -0.2) is 0 Å². The molecule has 0 aliphatic rings. The summed E-state index contributed by atoms with van der Waals surface area (Å²) in [5, 5.41) is 0. The summed E-state index contributed by atoms with van der Waals surface area (Å²) in [5.41, 5.74) is 15.0. The molecule has 0 fully saturated rings. The van der Waals surface area contributed by atoms with Crippen LogP contribution >= 0.6 is 0 Å². The van der Waals surface area contributed by atoms with E-state index in [2.05, 4.69) is 159 Å². The zero-order valence-corrected chi connectivity index (χ0v) is 21.9. The van der Waals surface area contributed by atoms with Crippen molar-refractivity contribution in [3.8, 4) is 55.6 Å². The Morgan fingerprint density at radius 1 is 0.184 bits per heavy atom. The molecule has 0 radical (unpaired) electrons. The molecule has 0 nitrogen and oxygen atoms in total. The second-order valence-electron chi connectivity index (χ2n) is 10.0. The highest BCUT2D eigenvalue weighted by atomic mass is 14.1. The normalized spacial score (nSPS) is 10.9. The minimum atomic E-state index is 1.23. The Labute approximate surface area is 225 Å². The van der Waals surface area contributed by atoms with Crippen LogP contribution in [0.2, 0.25) is 0 Å². The molecule has 0 atom stereocenters. The number of benzene rings is 6. The maximum absolute atomic E-state index is 2.22. The largest absolute Gasteiger partial charge is 0.0587 e. The van der Waals surface area contributed by atoms with Crippen molar-refractivity contribution < 1.29 is 0 Å². The van der Waals surface area contributed by atoms with Gasteiger partial charge in [-0.15, -0.1) is 0 Å². The van der Waals surface area contributed by atoms with Gasteiger partial charge in [-0.3, -0.25) is 0 Å². The van der Waals surface area contributed by atoms with E-state index in [1.54, 1.807) is 0 Å². The van der Waals surface area contributed by atoms with Gasteiger partial charge in [-0.2, -0.15) is 0 Å². The second-order valence-corrected chi connectivity index (χ2v) is 10.0. The van der Waals surface area contributed by atoms with E-state index in [4.69, 9.17) is 0 Å². The molecule has 0 aliphatic carbocycles. The molecular weight excluding hydrogens is 456 g/mol. The maximum Gasteiger partial charge on any atom is -0.0184 e. The zero-order chi connectivity index (χ0) is 25.9. The summed E-state index contributed by atoms with van der Waals surface area (Å²) in [6.45, 7) is 4.24. The Morgan fingerprint density at radius 2 is 0.289 bits per heavy atom. The van der Waals surface area contributed by atoms with Crippen LogP contribution in [0.5, 0.6) is 0 Å². The molecule has 182 valence electrons. The van der Waals surface area contributed by atoms with E-state index >= 15 is 0 Å². The summed E-state index contributed by atoms with van der Waals surface area (Å²) in [4.78, 5) is 0. The van der Waals surface area contributed by atoms with Gasteiger partial charge >= 0.3 is 0 Å². The third kappa shape index (κ3) is 5.08. The summed E-state index contributed by atoms with van der Waals surface area (Å²) >= 11 is 0. The van der Waals surface area contributed by atoms with Crippen molar-refractivity contribution >= 4 is 0 Å². The highest BCUT2D eigenvalue weighted by Crippen LogP contribution is 2.30. The minimum absolute atomic E-state index is 1.23. The molecule has 6 aromatic carbocycles. The van der Waals surface area contributed by atoms with Crippen molar-refractivity contribution in [2.24, 2.45) is 0 Å². The fourth-order valence-corrected chi connectivity index (χ4v) is 4.91. The molecule has 0 saturated carbocycles. The second kappa shape index (κ2) is 10.4. The van der Waals surface area contributed by atoms with Crippen molar-refractivity contribution in [2.45, 2.75) is 13.8 Å². The monoisotopic (exact) mass is 486 g/mol. The fourth-order valence-electron chi connectivity index (χ4n) is 4.91. The van der Waals surface area contributed by atoms with Crippen LogP contribution < -0.4 is 0 Å². The van der Waals surface area contributed by atoms with E-state index in [9.17, 15) is 0 Å². The SMILES string of the molecule is Cc1ccc(-c2ccc(-c3ccc(-c4ccc(-c5ccc(-c6ccc(C)cc6)cc5)cc4)cc3)cc2)cc1. The lowest BCUT2D eigenvalue weighted by atomic mass is 9.96. The van der Waals surface area contributed by atoms with Crippen molar-refractivity contribution in [1.29, 1.82) is 0 Å². The van der Waals surface area contributed by atoms with E-state index in [0.29, 0.717) is 0 Å². The summed E-state index contributed by atoms with van der Waals surface area (Å²) < 4.78 is 0. The van der Waals surface area contributed by atoms with E-state index in [-0.39, 0.29) is 0 Å². The molecule has 0 spiro atoms. The zero-order valence-electron chi connectivity index (χ0n) is 21.9. The van der Waals surface area contributed by atoms with Gasteiger partial charge in [-0.1, -0.05) is 157 Å². The minimum Gasteiger partial charge on any atom is -0.0587 e. The van der Waals surface area contributed by atoms with Crippen LogP contribution in [0.3, 0.4) is 0 Å². The fraction of sp³-hybridized carbons (Fsp3) is 0.0526. The third-order valence-corrected chi connectivity index (χ3v) is 7.31. The third-order valence-electron chi connectivity index (χ3n) is 7.31. The molecule has 6 aromatic rings. The molecule has 0 saturated heterocycles. The highest BCUT2D eigenvalue weighted by molar-refractivity contribution is 5.76. The van der Waals surface area contributed by atoms with Gasteiger partial charge in [0.25, 0.3) is 0 Å². The Hall–Kier alpha value is -4.68. The van der Waals surface area contributed by atoms with E-state index in [1.165, 1.54) is 66.8 Å². The Balaban J connectivity index is 1.16. The number of hydrogen-bond donors (Lipinski definition) is 0. The van der Waals surface area contributed by atoms with Crippen LogP contribution in [0.25, 0.3) is 55.6 Å². The first-order valence-electron chi connectivity index (χ1n) is 13.2. The van der Waals surface area contributed by atoms with Crippen molar-refractivity contribution in [3.05, 3.63) is 157 Å². The van der Waals surface area contributed by atoms with Crippen molar-refractivity contribution in [1.82, 2.24) is 0 Å². The van der Waals surface area contributed by atoms with Gasteiger partial charge in [0.15, 0.2) is 0 Å². The van der Waals surface area contributed by atoms with Crippen LogP contribution in [0.15, 0.2) is 146 Å². The van der Waals surface area contributed by atoms with Gasteiger partial charge in [-0.25, -0.2) is 0 Å². The molecule has 0 N–H and O–H groups in total. The lowest BCUT2D eigenvalue weighted by Crippen LogP contribution is -1.84. The number of aryl methyl sites for hydroxylation is 2.